The second-order valence-corrected chi connectivity index (χ2v) is 17.6. The second-order valence-electron chi connectivity index (χ2n) is 9.13. The van der Waals surface area contributed by atoms with Crippen molar-refractivity contribution >= 4 is 37.6 Å². The molecule has 1 fully saturated rings. The zero-order chi connectivity index (χ0) is 22.4. The Balaban J connectivity index is 2.10. The van der Waals surface area contributed by atoms with Crippen molar-refractivity contribution in [3.05, 3.63) is 29.8 Å². The first-order chi connectivity index (χ1) is 14.2. The number of hydrogen-bond acceptors (Lipinski definition) is 5. The summed E-state index contributed by atoms with van der Waals surface area (Å²) in [5, 5.41) is 0. The second kappa shape index (κ2) is 11.4. The number of ether oxygens (including phenoxy) is 1. The van der Waals surface area contributed by atoms with Gasteiger partial charge in [0.1, 0.15) is 9.83 Å². The first kappa shape index (κ1) is 25.8. The lowest BCUT2D eigenvalue weighted by atomic mass is 10.0. The number of Topliss-reactive ketones (excluding diaryl/α,β-unsaturated/α-hetero) is 1. The summed E-state index contributed by atoms with van der Waals surface area (Å²) in [7, 11) is -0.200. The molecule has 1 aromatic rings. The maximum absolute atomic E-state index is 13.5. The minimum Gasteiger partial charge on any atom is -0.497 e. The van der Waals surface area contributed by atoms with Gasteiger partial charge in [-0.15, -0.1) is 23.5 Å². The Bertz CT molecular complexity index is 646. The average molecular weight is 469 g/mol. The Kier molecular flexibility index (Phi) is 9.85. The van der Waals surface area contributed by atoms with Gasteiger partial charge in [-0.05, 0) is 71.7 Å². The summed E-state index contributed by atoms with van der Waals surface area (Å²) >= 11 is 3.68. The standard InChI is InChI=1S/C24H40O3S2Si/c1-18(2)30(19(3)4,20(5)6)27-15-8-14-24(28-16-9-17-29-24)23(25)21-10-12-22(26-7)13-11-21/h10-13,18-20H,8-9,14-17H2,1-7H3. The molecule has 1 aliphatic rings. The summed E-state index contributed by atoms with van der Waals surface area (Å²) in [5.74, 6) is 3.15. The van der Waals surface area contributed by atoms with Gasteiger partial charge in [-0.1, -0.05) is 41.5 Å². The van der Waals surface area contributed by atoms with Crippen LogP contribution in [0.15, 0.2) is 24.3 Å². The maximum Gasteiger partial charge on any atom is 0.200 e. The van der Waals surface area contributed by atoms with E-state index in [2.05, 4.69) is 41.5 Å². The quantitative estimate of drug-likeness (QED) is 0.192. The highest BCUT2D eigenvalue weighted by Gasteiger charge is 2.45. The minimum atomic E-state index is -1.85. The molecule has 1 heterocycles. The lowest BCUT2D eigenvalue weighted by Gasteiger charge is -2.42. The van der Waals surface area contributed by atoms with Gasteiger partial charge in [0, 0.05) is 12.2 Å². The zero-order valence-electron chi connectivity index (χ0n) is 19.8. The van der Waals surface area contributed by atoms with Crippen molar-refractivity contribution in [2.75, 3.05) is 25.2 Å². The molecular formula is C24H40O3S2Si. The number of thioether (sulfide) groups is 2. The molecule has 6 heteroatoms. The van der Waals surface area contributed by atoms with E-state index in [4.69, 9.17) is 9.16 Å². The van der Waals surface area contributed by atoms with Crippen LogP contribution in [0.25, 0.3) is 0 Å². The van der Waals surface area contributed by atoms with Crippen LogP contribution in [-0.4, -0.2) is 43.4 Å². The lowest BCUT2D eigenvalue weighted by Crippen LogP contribution is -2.48. The molecule has 2 rings (SSSR count). The summed E-state index contributed by atoms with van der Waals surface area (Å²) in [4.78, 5) is 13.5. The summed E-state index contributed by atoms with van der Waals surface area (Å²) in [6.07, 6.45) is 2.97. The Labute approximate surface area is 193 Å². The Morgan fingerprint density at radius 3 is 2.00 bits per heavy atom. The van der Waals surface area contributed by atoms with Crippen molar-refractivity contribution in [3.63, 3.8) is 0 Å². The van der Waals surface area contributed by atoms with Crippen LogP contribution in [0.5, 0.6) is 5.75 Å². The number of carbonyl (C=O) groups is 1. The van der Waals surface area contributed by atoms with Crippen LogP contribution in [0.3, 0.4) is 0 Å². The molecular weight excluding hydrogens is 428 g/mol. The summed E-state index contributed by atoms with van der Waals surface area (Å²) in [6, 6.07) is 7.58. The van der Waals surface area contributed by atoms with E-state index in [-0.39, 0.29) is 9.86 Å². The third kappa shape index (κ3) is 5.67. The fourth-order valence-corrected chi connectivity index (χ4v) is 13.8. The molecule has 1 aromatic carbocycles. The van der Waals surface area contributed by atoms with E-state index >= 15 is 0 Å². The van der Waals surface area contributed by atoms with Crippen molar-refractivity contribution in [2.45, 2.75) is 81.5 Å². The van der Waals surface area contributed by atoms with E-state index < -0.39 is 8.32 Å². The number of methoxy groups -OCH3 is 1. The van der Waals surface area contributed by atoms with Gasteiger partial charge in [-0.3, -0.25) is 4.79 Å². The van der Waals surface area contributed by atoms with E-state index in [1.54, 1.807) is 7.11 Å². The molecule has 0 amide bonds. The first-order valence-corrected chi connectivity index (χ1v) is 15.4. The number of benzene rings is 1. The van der Waals surface area contributed by atoms with Crippen molar-refractivity contribution in [1.29, 1.82) is 0 Å². The molecule has 0 saturated carbocycles. The third-order valence-corrected chi connectivity index (χ3v) is 15.9. The fourth-order valence-electron chi connectivity index (χ4n) is 4.98. The normalized spacial score (nSPS) is 17.0. The molecule has 0 radical (unpaired) electrons. The zero-order valence-corrected chi connectivity index (χ0v) is 22.5. The van der Waals surface area contributed by atoms with Crippen LogP contribution in [0.4, 0.5) is 0 Å². The smallest absolute Gasteiger partial charge is 0.200 e. The third-order valence-electron chi connectivity index (χ3n) is 6.37. The molecule has 30 heavy (non-hydrogen) atoms. The van der Waals surface area contributed by atoms with Crippen LogP contribution < -0.4 is 4.74 Å². The van der Waals surface area contributed by atoms with Gasteiger partial charge < -0.3 is 9.16 Å². The monoisotopic (exact) mass is 468 g/mol. The highest BCUT2D eigenvalue weighted by Crippen LogP contribution is 2.48. The van der Waals surface area contributed by atoms with Gasteiger partial charge in [-0.25, -0.2) is 0 Å². The van der Waals surface area contributed by atoms with Crippen molar-refractivity contribution in [3.8, 4) is 5.75 Å². The van der Waals surface area contributed by atoms with Gasteiger partial charge >= 0.3 is 0 Å². The van der Waals surface area contributed by atoms with E-state index in [1.807, 2.05) is 47.8 Å². The lowest BCUT2D eigenvalue weighted by molar-refractivity contribution is 0.0972. The molecule has 1 aliphatic heterocycles. The largest absolute Gasteiger partial charge is 0.497 e. The number of ketones is 1. The van der Waals surface area contributed by atoms with Crippen LogP contribution in [-0.2, 0) is 4.43 Å². The van der Waals surface area contributed by atoms with Crippen molar-refractivity contribution in [1.82, 2.24) is 0 Å². The molecule has 0 bridgehead atoms. The van der Waals surface area contributed by atoms with E-state index in [1.165, 1.54) is 6.42 Å². The number of carbonyl (C=O) groups excluding carboxylic acids is 1. The SMILES string of the molecule is COc1ccc(C(=O)C2(CCCO[Si](C(C)C)(C(C)C)C(C)C)SCCCS2)cc1. The predicted octanol–water partition coefficient (Wildman–Crippen LogP) is 7.42. The summed E-state index contributed by atoms with van der Waals surface area (Å²) in [5.41, 5.74) is 2.55. The van der Waals surface area contributed by atoms with E-state index in [9.17, 15) is 4.79 Å². The average Bonchev–Trinajstić information content (AvgIpc) is 2.73. The van der Waals surface area contributed by atoms with Crippen LogP contribution in [0.2, 0.25) is 16.6 Å². The number of rotatable bonds is 11. The van der Waals surface area contributed by atoms with Crippen molar-refractivity contribution in [2.24, 2.45) is 0 Å². The van der Waals surface area contributed by atoms with Gasteiger partial charge in [-0.2, -0.15) is 0 Å². The molecule has 0 N–H and O–H groups in total. The molecule has 0 atom stereocenters. The molecule has 170 valence electrons. The summed E-state index contributed by atoms with van der Waals surface area (Å²) in [6.45, 7) is 14.7. The van der Waals surface area contributed by atoms with Gasteiger partial charge in [0.2, 0.25) is 0 Å². The molecule has 0 aliphatic carbocycles. The summed E-state index contributed by atoms with van der Waals surface area (Å²) < 4.78 is 11.6. The Hall–Kier alpha value is -0.433. The minimum absolute atomic E-state index is 0.250. The van der Waals surface area contributed by atoms with Gasteiger partial charge in [0.15, 0.2) is 14.1 Å². The van der Waals surface area contributed by atoms with Crippen molar-refractivity contribution < 1.29 is 14.0 Å². The highest BCUT2D eigenvalue weighted by atomic mass is 32.2. The molecule has 1 saturated heterocycles. The molecule has 0 unspecified atom stereocenters. The Morgan fingerprint density at radius 1 is 1.00 bits per heavy atom. The van der Waals surface area contributed by atoms with Gasteiger partial charge in [0.05, 0.1) is 7.11 Å². The topological polar surface area (TPSA) is 35.5 Å². The Morgan fingerprint density at radius 2 is 1.53 bits per heavy atom. The van der Waals surface area contributed by atoms with E-state index in [0.717, 1.165) is 42.3 Å². The maximum atomic E-state index is 13.5. The fraction of sp³-hybridized carbons (Fsp3) is 0.708. The van der Waals surface area contributed by atoms with Crippen LogP contribution in [0, 0.1) is 0 Å². The van der Waals surface area contributed by atoms with Crippen LogP contribution >= 0.6 is 23.5 Å². The van der Waals surface area contributed by atoms with Gasteiger partial charge in [0.25, 0.3) is 0 Å². The predicted molar refractivity (Wildman–Crippen MR) is 136 cm³/mol. The molecule has 3 nitrogen and oxygen atoms in total. The first-order valence-electron chi connectivity index (χ1n) is 11.3. The number of hydrogen-bond donors (Lipinski definition) is 0. The molecule has 0 aromatic heterocycles. The molecule has 0 spiro atoms. The van der Waals surface area contributed by atoms with Crippen LogP contribution in [0.1, 0.15) is 71.2 Å². The van der Waals surface area contributed by atoms with E-state index in [0.29, 0.717) is 16.6 Å². The highest BCUT2D eigenvalue weighted by molar-refractivity contribution is 8.20.